The van der Waals surface area contributed by atoms with Gasteiger partial charge in [0.2, 0.25) is 6.29 Å². The Kier molecular flexibility index (Phi) is 17.4. The third kappa shape index (κ3) is 14.1. The topological polar surface area (TPSA) is 135 Å². The first-order valence-corrected chi connectivity index (χ1v) is 18.0. The molecule has 3 N–H and O–H groups in total. The van der Waals surface area contributed by atoms with Crippen molar-refractivity contribution >= 4 is 52.7 Å². The summed E-state index contributed by atoms with van der Waals surface area (Å²) < 4.78 is 16.0. The highest BCUT2D eigenvalue weighted by Crippen LogP contribution is 2.34. The molecule has 2 aromatic carbocycles. The summed E-state index contributed by atoms with van der Waals surface area (Å²) in [5.74, 6) is -1.48. The van der Waals surface area contributed by atoms with Crippen molar-refractivity contribution in [2.24, 2.45) is 23.7 Å². The molecule has 2 unspecified atom stereocenters. The van der Waals surface area contributed by atoms with Crippen LogP contribution in [0.25, 0.3) is 0 Å². The Hall–Kier alpha value is -3.99. The molecule has 12 heteroatoms. The highest BCUT2D eigenvalue weighted by molar-refractivity contribution is 6.17. The highest BCUT2D eigenvalue weighted by Gasteiger charge is 2.32. The average Bonchev–Trinajstić information content (AvgIpc) is 3.02. The number of ether oxygens (including phenoxy) is 3. The largest absolute Gasteiger partial charge is 0.433 e. The molecule has 0 aliphatic carbocycles. The zero-order chi connectivity index (χ0) is 37.5. The molecule has 3 atom stereocenters. The predicted octanol–water partition coefficient (Wildman–Crippen LogP) is 8.66. The van der Waals surface area contributed by atoms with E-state index in [0.717, 1.165) is 29.9 Å². The van der Waals surface area contributed by atoms with Crippen molar-refractivity contribution in [2.45, 2.75) is 100 Å². The van der Waals surface area contributed by atoms with Gasteiger partial charge in [-0.15, -0.1) is 0 Å². The summed E-state index contributed by atoms with van der Waals surface area (Å²) >= 11 is 5.46. The van der Waals surface area contributed by atoms with Crippen LogP contribution in [0.3, 0.4) is 0 Å². The first-order valence-electron chi connectivity index (χ1n) is 17.5. The molecule has 0 radical (unpaired) electrons. The van der Waals surface area contributed by atoms with Gasteiger partial charge in [-0.05, 0) is 66.8 Å². The lowest BCUT2D eigenvalue weighted by Gasteiger charge is -2.31. The molecule has 3 amide bonds. The Labute approximate surface area is 303 Å². The van der Waals surface area contributed by atoms with Gasteiger partial charge in [-0.3, -0.25) is 4.79 Å². The van der Waals surface area contributed by atoms with Crippen molar-refractivity contribution in [3.05, 3.63) is 53.6 Å². The van der Waals surface area contributed by atoms with Crippen LogP contribution in [0, 0.1) is 30.6 Å². The Morgan fingerprint density at radius 2 is 1.44 bits per heavy atom. The number of anilines is 3. The number of carbonyl (C=O) groups excluding carboxylic acids is 4. The third-order valence-electron chi connectivity index (χ3n) is 7.87. The number of amides is 3. The Balaban J connectivity index is 2.33. The van der Waals surface area contributed by atoms with Crippen LogP contribution in [0.5, 0.6) is 0 Å². The lowest BCUT2D eigenvalue weighted by atomic mass is 9.92. The fourth-order valence-electron chi connectivity index (χ4n) is 5.33. The van der Waals surface area contributed by atoms with E-state index >= 15 is 0 Å². The van der Waals surface area contributed by atoms with E-state index < -0.39 is 30.4 Å². The molecular weight excluding hydrogens is 660 g/mol. The van der Waals surface area contributed by atoms with Gasteiger partial charge in [-0.2, -0.15) is 0 Å². The predicted molar refractivity (Wildman–Crippen MR) is 200 cm³/mol. The van der Waals surface area contributed by atoms with Crippen LogP contribution in [0.4, 0.5) is 26.7 Å². The molecule has 0 aliphatic heterocycles. The monoisotopic (exact) mass is 716 g/mol. The fraction of sp³-hybridized carbons (Fsp3) is 0.579. The number of aryl methyl sites for hydroxylation is 1. The quantitative estimate of drug-likeness (QED) is 0.0793. The van der Waals surface area contributed by atoms with E-state index in [9.17, 15) is 19.2 Å². The first kappa shape index (κ1) is 42.2. The molecule has 2 aromatic rings. The zero-order valence-electron chi connectivity index (χ0n) is 31.3. The minimum Gasteiger partial charge on any atom is -0.433 e. The number of urea groups is 1. The molecule has 0 spiro atoms. The van der Waals surface area contributed by atoms with Crippen LogP contribution in [0.1, 0.15) is 92.2 Å². The van der Waals surface area contributed by atoms with Gasteiger partial charge >= 0.3 is 24.1 Å². The van der Waals surface area contributed by atoms with E-state index in [1.54, 1.807) is 27.7 Å². The summed E-state index contributed by atoms with van der Waals surface area (Å²) in [5, 5.41) is 8.44. The third-order valence-corrected chi connectivity index (χ3v) is 7.98. The molecular formula is C38H57ClN4O7. The second-order valence-corrected chi connectivity index (χ2v) is 14.4. The fourth-order valence-corrected chi connectivity index (χ4v) is 5.43. The van der Waals surface area contributed by atoms with Crippen molar-refractivity contribution in [3.8, 4) is 0 Å². The van der Waals surface area contributed by atoms with Gasteiger partial charge in [0.25, 0.3) is 0 Å². The van der Waals surface area contributed by atoms with Gasteiger partial charge in [0, 0.05) is 24.7 Å². The molecule has 0 bridgehead atoms. The molecule has 0 heterocycles. The van der Waals surface area contributed by atoms with Crippen molar-refractivity contribution < 1.29 is 33.4 Å². The average molecular weight is 717 g/mol. The number of hydrogen-bond acceptors (Lipinski definition) is 8. The maximum absolute atomic E-state index is 13.4. The molecule has 0 aliphatic rings. The number of carbonyl (C=O) groups is 4. The van der Waals surface area contributed by atoms with Crippen LogP contribution >= 0.6 is 11.6 Å². The SMILES string of the molecule is CC[C@@H](CC(=O)OC(OC(=O)C(NC(=O)OCCl)C(C)C)C(C)C)c1ccc(N(CC(C)C)CC(C)C)c(NC(=O)Nc2ccc(C)cc2)c1. The van der Waals surface area contributed by atoms with Gasteiger partial charge in [-0.1, -0.05) is 97.7 Å². The normalized spacial score (nSPS) is 13.1. The summed E-state index contributed by atoms with van der Waals surface area (Å²) in [6.45, 7) is 21.2. The molecule has 0 fully saturated rings. The summed E-state index contributed by atoms with van der Waals surface area (Å²) in [5.41, 5.74) is 4.14. The van der Waals surface area contributed by atoms with Gasteiger partial charge in [0.05, 0.1) is 17.8 Å². The molecule has 50 heavy (non-hydrogen) atoms. The second kappa shape index (κ2) is 20.6. The number of benzene rings is 2. The zero-order valence-corrected chi connectivity index (χ0v) is 32.1. The number of rotatable bonds is 18. The summed E-state index contributed by atoms with van der Waals surface area (Å²) in [7, 11) is 0. The summed E-state index contributed by atoms with van der Waals surface area (Å²) in [4.78, 5) is 53.9. The Morgan fingerprint density at radius 1 is 0.820 bits per heavy atom. The van der Waals surface area contributed by atoms with Crippen LogP contribution in [-0.4, -0.2) is 55.6 Å². The molecule has 278 valence electrons. The van der Waals surface area contributed by atoms with E-state index in [4.69, 9.17) is 25.8 Å². The minimum atomic E-state index is -1.18. The van der Waals surface area contributed by atoms with E-state index in [1.807, 2.05) is 56.3 Å². The number of halogens is 1. The second-order valence-electron chi connectivity index (χ2n) is 14.2. The number of nitrogens with zero attached hydrogens (tertiary/aromatic N) is 1. The van der Waals surface area contributed by atoms with Crippen LogP contribution in [0.15, 0.2) is 42.5 Å². The number of esters is 2. The highest BCUT2D eigenvalue weighted by atomic mass is 35.5. The van der Waals surface area contributed by atoms with Crippen molar-refractivity contribution in [1.29, 1.82) is 0 Å². The lowest BCUT2D eigenvalue weighted by molar-refractivity contribution is -0.198. The van der Waals surface area contributed by atoms with E-state index in [1.165, 1.54) is 0 Å². The number of hydrogen-bond donors (Lipinski definition) is 3. The van der Waals surface area contributed by atoms with Crippen LogP contribution < -0.4 is 20.9 Å². The van der Waals surface area contributed by atoms with Crippen LogP contribution in [0.2, 0.25) is 0 Å². The lowest BCUT2D eigenvalue weighted by Crippen LogP contribution is -2.47. The van der Waals surface area contributed by atoms with E-state index in [0.29, 0.717) is 29.6 Å². The van der Waals surface area contributed by atoms with Gasteiger partial charge in [0.1, 0.15) is 6.04 Å². The molecule has 2 rings (SSSR count). The Bertz CT molecular complexity index is 1390. The Morgan fingerprint density at radius 3 is 1.96 bits per heavy atom. The summed E-state index contributed by atoms with van der Waals surface area (Å²) in [6, 6.07) is 11.7. The first-order chi connectivity index (χ1) is 23.5. The number of alkyl carbamates (subject to hydrolysis) is 1. The van der Waals surface area contributed by atoms with Crippen molar-refractivity contribution in [2.75, 3.05) is 34.7 Å². The number of alkyl halides is 1. The minimum absolute atomic E-state index is 0.0151. The molecule has 0 aromatic heterocycles. The van der Waals surface area contributed by atoms with Crippen molar-refractivity contribution in [1.82, 2.24) is 5.32 Å². The van der Waals surface area contributed by atoms with Gasteiger partial charge in [-0.25, -0.2) is 14.4 Å². The van der Waals surface area contributed by atoms with E-state index in [2.05, 4.69) is 48.5 Å². The maximum atomic E-state index is 13.4. The standard InChI is InChI=1S/C38H57ClN4O7/c1-11-28(19-33(44)49-36(26(8)9)50-35(45)34(25(6)7)42-38(47)48-22-39)29-14-17-32(43(20-23(2)3)21-24(4)5)31(18-29)41-37(46)40-30-15-12-27(10)13-16-30/h12-18,23-26,28,34,36H,11,19-22H2,1-10H3,(H,42,47)(H2,40,41,46)/t28-,34?,36?/m0/s1. The van der Waals surface area contributed by atoms with Crippen LogP contribution in [-0.2, 0) is 23.8 Å². The smallest absolute Gasteiger partial charge is 0.409 e. The van der Waals surface area contributed by atoms with Gasteiger partial charge in [0.15, 0.2) is 6.07 Å². The summed E-state index contributed by atoms with van der Waals surface area (Å²) in [6.07, 6.45) is -1.41. The van der Waals surface area contributed by atoms with Crippen molar-refractivity contribution in [3.63, 3.8) is 0 Å². The molecule has 0 saturated heterocycles. The van der Waals surface area contributed by atoms with Gasteiger partial charge < -0.3 is 35.1 Å². The van der Waals surface area contributed by atoms with E-state index in [-0.39, 0.29) is 36.3 Å². The molecule has 0 saturated carbocycles. The molecule has 11 nitrogen and oxygen atoms in total. The number of nitrogens with one attached hydrogen (secondary N) is 3. The maximum Gasteiger partial charge on any atom is 0.409 e.